The Hall–Kier alpha value is -0.850. The molecule has 0 radical (unpaired) electrons. The Morgan fingerprint density at radius 3 is 2.20 bits per heavy atom. The lowest BCUT2D eigenvalue weighted by Crippen LogP contribution is -2.03. The molecule has 0 spiro atoms. The summed E-state index contributed by atoms with van der Waals surface area (Å²) in [5.41, 5.74) is 2.58. The third-order valence-electron chi connectivity index (χ3n) is 3.17. The van der Waals surface area contributed by atoms with Gasteiger partial charge >= 0.3 is 0 Å². The van der Waals surface area contributed by atoms with E-state index < -0.39 is 0 Å². The molecule has 0 amide bonds. The van der Waals surface area contributed by atoms with Crippen LogP contribution >= 0.6 is 0 Å². The molecule has 0 unspecified atom stereocenters. The summed E-state index contributed by atoms with van der Waals surface area (Å²) in [5.74, 6) is 1.38. The Morgan fingerprint density at radius 1 is 1.13 bits per heavy atom. The summed E-state index contributed by atoms with van der Waals surface area (Å²) in [6.07, 6.45) is 5.67. The summed E-state index contributed by atoms with van der Waals surface area (Å²) >= 11 is 0. The quantitative estimate of drug-likeness (QED) is 0.702. The highest BCUT2D eigenvalue weighted by Gasteiger charge is 2.06. The van der Waals surface area contributed by atoms with Crippen LogP contribution in [0.1, 0.15) is 57.7 Å². The minimum atomic E-state index is 0.583. The maximum absolute atomic E-state index is 4.54. The van der Waals surface area contributed by atoms with E-state index in [2.05, 4.69) is 44.8 Å². The molecule has 0 atom stereocenters. The second-order valence-electron chi connectivity index (χ2n) is 4.62. The molecule has 1 heteroatoms. The SMILES string of the molecule is CCC(CC)Cc1ccc(C(C)C)cn1. The van der Waals surface area contributed by atoms with Gasteiger partial charge in [-0.1, -0.05) is 46.6 Å². The Bertz CT molecular complexity index is 270. The van der Waals surface area contributed by atoms with Crippen molar-refractivity contribution < 1.29 is 0 Å². The van der Waals surface area contributed by atoms with Crippen LogP contribution in [0.4, 0.5) is 0 Å². The highest BCUT2D eigenvalue weighted by molar-refractivity contribution is 5.17. The first kappa shape index (κ1) is 12.2. The van der Waals surface area contributed by atoms with Gasteiger partial charge in [-0.2, -0.15) is 0 Å². The Labute approximate surface area is 93.9 Å². The number of pyridine rings is 1. The van der Waals surface area contributed by atoms with Crippen LogP contribution in [0.25, 0.3) is 0 Å². The first-order valence-electron chi connectivity index (χ1n) is 6.12. The van der Waals surface area contributed by atoms with Gasteiger partial charge in [-0.05, 0) is 29.9 Å². The second kappa shape index (κ2) is 5.89. The van der Waals surface area contributed by atoms with Gasteiger partial charge in [-0.3, -0.25) is 4.98 Å². The van der Waals surface area contributed by atoms with Crippen LogP contribution in [-0.4, -0.2) is 4.98 Å². The van der Waals surface area contributed by atoms with Crippen LogP contribution in [0.5, 0.6) is 0 Å². The smallest absolute Gasteiger partial charge is 0.0406 e. The van der Waals surface area contributed by atoms with Gasteiger partial charge in [0, 0.05) is 11.9 Å². The van der Waals surface area contributed by atoms with Crippen molar-refractivity contribution in [2.75, 3.05) is 0 Å². The number of hydrogen-bond acceptors (Lipinski definition) is 1. The van der Waals surface area contributed by atoms with Gasteiger partial charge in [-0.15, -0.1) is 0 Å². The van der Waals surface area contributed by atoms with Gasteiger partial charge in [-0.25, -0.2) is 0 Å². The summed E-state index contributed by atoms with van der Waals surface area (Å²) in [6, 6.07) is 4.41. The van der Waals surface area contributed by atoms with E-state index in [1.807, 2.05) is 6.20 Å². The van der Waals surface area contributed by atoms with Gasteiger partial charge in [0.25, 0.3) is 0 Å². The maximum atomic E-state index is 4.54. The monoisotopic (exact) mass is 205 g/mol. The van der Waals surface area contributed by atoms with E-state index in [0.29, 0.717) is 5.92 Å². The summed E-state index contributed by atoms with van der Waals surface area (Å²) in [6.45, 7) is 8.93. The molecule has 0 aliphatic carbocycles. The fraction of sp³-hybridized carbons (Fsp3) is 0.643. The summed E-state index contributed by atoms with van der Waals surface area (Å²) in [4.78, 5) is 4.54. The summed E-state index contributed by atoms with van der Waals surface area (Å²) in [7, 11) is 0. The van der Waals surface area contributed by atoms with Crippen molar-refractivity contribution in [1.82, 2.24) is 4.98 Å². The lowest BCUT2D eigenvalue weighted by Gasteiger charge is -2.12. The largest absolute Gasteiger partial charge is 0.261 e. The molecule has 0 saturated carbocycles. The van der Waals surface area contributed by atoms with Crippen LogP contribution in [0.15, 0.2) is 18.3 Å². The third kappa shape index (κ3) is 3.65. The molecule has 84 valence electrons. The molecule has 1 aromatic rings. The molecule has 1 nitrogen and oxygen atoms in total. The minimum absolute atomic E-state index is 0.583. The topological polar surface area (TPSA) is 12.9 Å². The Balaban J connectivity index is 2.63. The molecule has 15 heavy (non-hydrogen) atoms. The van der Waals surface area contributed by atoms with Gasteiger partial charge < -0.3 is 0 Å². The van der Waals surface area contributed by atoms with Crippen molar-refractivity contribution in [3.05, 3.63) is 29.6 Å². The predicted octanol–water partition coefficient (Wildman–Crippen LogP) is 4.18. The van der Waals surface area contributed by atoms with E-state index in [1.165, 1.54) is 24.1 Å². The van der Waals surface area contributed by atoms with E-state index in [4.69, 9.17) is 0 Å². The van der Waals surface area contributed by atoms with Crippen molar-refractivity contribution in [2.24, 2.45) is 5.92 Å². The minimum Gasteiger partial charge on any atom is -0.261 e. The lowest BCUT2D eigenvalue weighted by atomic mass is 9.96. The van der Waals surface area contributed by atoms with Crippen LogP contribution < -0.4 is 0 Å². The highest BCUT2D eigenvalue weighted by atomic mass is 14.7. The third-order valence-corrected chi connectivity index (χ3v) is 3.17. The van der Waals surface area contributed by atoms with Crippen LogP contribution in [-0.2, 0) is 6.42 Å². The zero-order valence-corrected chi connectivity index (χ0v) is 10.5. The van der Waals surface area contributed by atoms with Crippen molar-refractivity contribution in [2.45, 2.75) is 52.9 Å². The standard InChI is InChI=1S/C14H23N/c1-5-12(6-2)9-14-8-7-13(10-15-14)11(3)4/h7-8,10-12H,5-6,9H2,1-4H3. The van der Waals surface area contributed by atoms with Crippen molar-refractivity contribution in [3.8, 4) is 0 Å². The Kier molecular flexibility index (Phi) is 4.80. The molecule has 1 rings (SSSR count). The predicted molar refractivity (Wildman–Crippen MR) is 66.1 cm³/mol. The van der Waals surface area contributed by atoms with E-state index in [0.717, 1.165) is 12.3 Å². The van der Waals surface area contributed by atoms with Gasteiger partial charge in [0.2, 0.25) is 0 Å². The molecule has 1 aromatic heterocycles. The molecule has 0 aliphatic heterocycles. The number of hydrogen-bond donors (Lipinski definition) is 0. The summed E-state index contributed by atoms with van der Waals surface area (Å²) in [5, 5.41) is 0. The molecule has 0 N–H and O–H groups in total. The fourth-order valence-electron chi connectivity index (χ4n) is 1.77. The maximum Gasteiger partial charge on any atom is 0.0406 e. The molecular formula is C14H23N. The zero-order valence-electron chi connectivity index (χ0n) is 10.5. The van der Waals surface area contributed by atoms with Crippen LogP contribution in [0.3, 0.4) is 0 Å². The lowest BCUT2D eigenvalue weighted by molar-refractivity contribution is 0.485. The molecule has 0 bridgehead atoms. The number of aromatic nitrogens is 1. The number of nitrogens with zero attached hydrogens (tertiary/aromatic N) is 1. The second-order valence-corrected chi connectivity index (χ2v) is 4.62. The Morgan fingerprint density at radius 2 is 1.80 bits per heavy atom. The average molecular weight is 205 g/mol. The molecule has 0 fully saturated rings. The van der Waals surface area contributed by atoms with Crippen LogP contribution in [0.2, 0.25) is 0 Å². The van der Waals surface area contributed by atoms with Crippen molar-refractivity contribution >= 4 is 0 Å². The molecule has 1 heterocycles. The van der Waals surface area contributed by atoms with E-state index in [9.17, 15) is 0 Å². The van der Waals surface area contributed by atoms with Gasteiger partial charge in [0.1, 0.15) is 0 Å². The summed E-state index contributed by atoms with van der Waals surface area (Å²) < 4.78 is 0. The van der Waals surface area contributed by atoms with E-state index >= 15 is 0 Å². The molecular weight excluding hydrogens is 182 g/mol. The normalized spacial score (nSPS) is 11.3. The highest BCUT2D eigenvalue weighted by Crippen LogP contribution is 2.17. The zero-order chi connectivity index (χ0) is 11.3. The van der Waals surface area contributed by atoms with Crippen molar-refractivity contribution in [3.63, 3.8) is 0 Å². The first-order valence-corrected chi connectivity index (χ1v) is 6.12. The molecule has 0 saturated heterocycles. The molecule has 0 aliphatic rings. The van der Waals surface area contributed by atoms with Gasteiger partial charge in [0.15, 0.2) is 0 Å². The van der Waals surface area contributed by atoms with E-state index in [1.54, 1.807) is 0 Å². The molecule has 0 aromatic carbocycles. The fourth-order valence-corrected chi connectivity index (χ4v) is 1.77. The number of rotatable bonds is 5. The first-order chi connectivity index (χ1) is 7.17. The average Bonchev–Trinajstić information content (AvgIpc) is 2.26. The van der Waals surface area contributed by atoms with Crippen molar-refractivity contribution in [1.29, 1.82) is 0 Å². The van der Waals surface area contributed by atoms with E-state index in [-0.39, 0.29) is 0 Å². The van der Waals surface area contributed by atoms with Crippen LogP contribution in [0, 0.1) is 5.92 Å². The van der Waals surface area contributed by atoms with Gasteiger partial charge in [0.05, 0.1) is 0 Å².